The second-order valence-corrected chi connectivity index (χ2v) is 8.24. The SMILES string of the molecule is Cc1ccc(NC(=O)C(c2ccccc2)N2CCN(C(=O)c3ccncc3)CC2)cc1Cl. The number of piperazine rings is 1. The summed E-state index contributed by atoms with van der Waals surface area (Å²) in [5, 5.41) is 3.63. The Labute approximate surface area is 192 Å². The topological polar surface area (TPSA) is 65.5 Å². The summed E-state index contributed by atoms with van der Waals surface area (Å²) in [6.45, 7) is 4.21. The third kappa shape index (κ3) is 4.98. The Morgan fingerprint density at radius 2 is 1.66 bits per heavy atom. The maximum absolute atomic E-state index is 13.4. The first kappa shape index (κ1) is 22.0. The number of amides is 2. The van der Waals surface area contributed by atoms with E-state index in [0.29, 0.717) is 42.5 Å². The van der Waals surface area contributed by atoms with Crippen molar-refractivity contribution >= 4 is 29.1 Å². The van der Waals surface area contributed by atoms with Gasteiger partial charge in [0.2, 0.25) is 5.91 Å². The first-order valence-electron chi connectivity index (χ1n) is 10.6. The maximum Gasteiger partial charge on any atom is 0.254 e. The molecule has 2 heterocycles. The average molecular weight is 449 g/mol. The van der Waals surface area contributed by atoms with Gasteiger partial charge in [0.05, 0.1) is 0 Å². The third-order valence-corrected chi connectivity index (χ3v) is 6.10. The predicted molar refractivity (Wildman–Crippen MR) is 126 cm³/mol. The van der Waals surface area contributed by atoms with Crippen LogP contribution in [0.3, 0.4) is 0 Å². The Bertz CT molecular complexity index is 1080. The highest BCUT2D eigenvalue weighted by atomic mass is 35.5. The van der Waals surface area contributed by atoms with Gasteiger partial charge in [-0.05, 0) is 42.3 Å². The number of carbonyl (C=O) groups is 2. The van der Waals surface area contributed by atoms with E-state index < -0.39 is 6.04 Å². The number of halogens is 1. The Hall–Kier alpha value is -3.22. The molecule has 0 radical (unpaired) electrons. The highest BCUT2D eigenvalue weighted by molar-refractivity contribution is 6.31. The summed E-state index contributed by atoms with van der Waals surface area (Å²) < 4.78 is 0. The molecule has 0 saturated carbocycles. The molecule has 2 aromatic carbocycles. The first-order chi connectivity index (χ1) is 15.5. The van der Waals surface area contributed by atoms with E-state index in [0.717, 1.165) is 11.1 Å². The standard InChI is InChI=1S/C25H25ClN4O2/c1-18-7-8-21(17-22(18)26)28-24(31)23(19-5-3-2-4-6-19)29-13-15-30(16-14-29)25(32)20-9-11-27-12-10-20/h2-12,17,23H,13-16H2,1H3,(H,28,31). The lowest BCUT2D eigenvalue weighted by atomic mass is 10.0. The maximum atomic E-state index is 13.4. The van der Waals surface area contributed by atoms with E-state index in [1.165, 1.54) is 0 Å². The van der Waals surface area contributed by atoms with Crippen molar-refractivity contribution in [3.63, 3.8) is 0 Å². The average Bonchev–Trinajstić information content (AvgIpc) is 2.83. The van der Waals surface area contributed by atoms with Crippen molar-refractivity contribution in [1.82, 2.24) is 14.8 Å². The molecule has 2 amide bonds. The lowest BCUT2D eigenvalue weighted by molar-refractivity contribution is -0.122. The van der Waals surface area contributed by atoms with Crippen LogP contribution in [0.15, 0.2) is 73.1 Å². The van der Waals surface area contributed by atoms with Gasteiger partial charge in [-0.2, -0.15) is 0 Å². The van der Waals surface area contributed by atoms with Gasteiger partial charge in [-0.1, -0.05) is 48.0 Å². The molecule has 3 aromatic rings. The van der Waals surface area contributed by atoms with Gasteiger partial charge in [0.25, 0.3) is 5.91 Å². The molecule has 1 saturated heterocycles. The number of aryl methyl sites for hydroxylation is 1. The molecule has 7 heteroatoms. The second kappa shape index (κ2) is 9.94. The normalized spacial score (nSPS) is 15.2. The van der Waals surface area contributed by atoms with Crippen LogP contribution in [0.4, 0.5) is 5.69 Å². The molecule has 164 valence electrons. The fraction of sp³-hybridized carbons (Fsp3) is 0.240. The summed E-state index contributed by atoms with van der Waals surface area (Å²) in [6, 6.07) is 18.2. The Morgan fingerprint density at radius 3 is 2.31 bits per heavy atom. The number of nitrogens with one attached hydrogen (secondary N) is 1. The van der Waals surface area contributed by atoms with Crippen molar-refractivity contribution in [2.45, 2.75) is 13.0 Å². The van der Waals surface area contributed by atoms with Crippen molar-refractivity contribution in [3.8, 4) is 0 Å². The minimum atomic E-state index is -0.463. The van der Waals surface area contributed by atoms with E-state index in [9.17, 15) is 9.59 Å². The Kier molecular flexibility index (Phi) is 6.83. The Balaban J connectivity index is 1.50. The van der Waals surface area contributed by atoms with Crippen molar-refractivity contribution in [3.05, 3.63) is 94.8 Å². The molecule has 4 rings (SSSR count). The van der Waals surface area contributed by atoms with Crippen LogP contribution >= 0.6 is 11.6 Å². The number of rotatable bonds is 5. The molecule has 32 heavy (non-hydrogen) atoms. The van der Waals surface area contributed by atoms with Gasteiger partial charge in [0.1, 0.15) is 6.04 Å². The van der Waals surface area contributed by atoms with Crippen LogP contribution in [0.1, 0.15) is 27.5 Å². The van der Waals surface area contributed by atoms with Gasteiger partial charge < -0.3 is 10.2 Å². The first-order valence-corrected chi connectivity index (χ1v) is 11.0. The zero-order valence-corrected chi connectivity index (χ0v) is 18.6. The smallest absolute Gasteiger partial charge is 0.254 e. The monoisotopic (exact) mass is 448 g/mol. The number of carbonyl (C=O) groups excluding carboxylic acids is 2. The van der Waals surface area contributed by atoms with Crippen molar-refractivity contribution < 1.29 is 9.59 Å². The number of anilines is 1. The number of hydrogen-bond acceptors (Lipinski definition) is 4. The molecule has 1 aromatic heterocycles. The van der Waals surface area contributed by atoms with E-state index in [4.69, 9.17) is 11.6 Å². The fourth-order valence-corrected chi connectivity index (χ4v) is 4.09. The summed E-state index contributed by atoms with van der Waals surface area (Å²) in [7, 11) is 0. The zero-order chi connectivity index (χ0) is 22.5. The number of benzene rings is 2. The molecule has 6 nitrogen and oxygen atoms in total. The molecular weight excluding hydrogens is 424 g/mol. The number of pyridine rings is 1. The van der Waals surface area contributed by atoms with E-state index in [2.05, 4.69) is 15.2 Å². The molecule has 0 aliphatic carbocycles. The highest BCUT2D eigenvalue weighted by Crippen LogP contribution is 2.26. The van der Waals surface area contributed by atoms with Crippen LogP contribution in [0, 0.1) is 6.92 Å². The summed E-state index contributed by atoms with van der Waals surface area (Å²) in [5.41, 5.74) is 3.16. The van der Waals surface area contributed by atoms with Gasteiger partial charge in [-0.15, -0.1) is 0 Å². The molecule has 0 bridgehead atoms. The lowest BCUT2D eigenvalue weighted by Gasteiger charge is -2.38. The minimum Gasteiger partial charge on any atom is -0.336 e. The molecule has 1 fully saturated rings. The second-order valence-electron chi connectivity index (χ2n) is 7.83. The number of nitrogens with zero attached hydrogens (tertiary/aromatic N) is 3. The minimum absolute atomic E-state index is 0.0120. The van der Waals surface area contributed by atoms with Crippen molar-refractivity contribution in [1.29, 1.82) is 0 Å². The Morgan fingerprint density at radius 1 is 0.969 bits per heavy atom. The van der Waals surface area contributed by atoms with Crippen LogP contribution in [-0.4, -0.2) is 52.8 Å². The molecule has 1 atom stereocenters. The van der Waals surface area contributed by atoms with Crippen LogP contribution in [0.2, 0.25) is 5.02 Å². The number of hydrogen-bond donors (Lipinski definition) is 1. The molecule has 0 spiro atoms. The summed E-state index contributed by atoms with van der Waals surface area (Å²) in [4.78, 5) is 34.1. The predicted octanol–water partition coefficient (Wildman–Crippen LogP) is 4.18. The quantitative estimate of drug-likeness (QED) is 0.635. The van der Waals surface area contributed by atoms with E-state index in [1.54, 1.807) is 30.6 Å². The van der Waals surface area contributed by atoms with Crippen LogP contribution < -0.4 is 5.32 Å². The van der Waals surface area contributed by atoms with Crippen LogP contribution in [-0.2, 0) is 4.79 Å². The van der Waals surface area contributed by atoms with Gasteiger partial charge >= 0.3 is 0 Å². The lowest BCUT2D eigenvalue weighted by Crippen LogP contribution is -2.51. The van der Waals surface area contributed by atoms with E-state index >= 15 is 0 Å². The summed E-state index contributed by atoms with van der Waals surface area (Å²) >= 11 is 6.24. The van der Waals surface area contributed by atoms with Crippen molar-refractivity contribution in [2.24, 2.45) is 0 Å². The zero-order valence-electron chi connectivity index (χ0n) is 17.9. The summed E-state index contributed by atoms with van der Waals surface area (Å²) in [6.07, 6.45) is 3.24. The van der Waals surface area contributed by atoms with Gasteiger partial charge in [-0.25, -0.2) is 0 Å². The molecular formula is C25H25ClN4O2. The summed E-state index contributed by atoms with van der Waals surface area (Å²) in [5.74, 6) is -0.132. The van der Waals surface area contributed by atoms with E-state index in [-0.39, 0.29) is 11.8 Å². The van der Waals surface area contributed by atoms with Crippen molar-refractivity contribution in [2.75, 3.05) is 31.5 Å². The van der Waals surface area contributed by atoms with Gasteiger partial charge in [0, 0.05) is 54.8 Å². The largest absolute Gasteiger partial charge is 0.336 e. The molecule has 1 N–H and O–H groups in total. The molecule has 1 aliphatic heterocycles. The molecule has 1 unspecified atom stereocenters. The van der Waals surface area contributed by atoms with Crippen LogP contribution in [0.25, 0.3) is 0 Å². The number of aromatic nitrogens is 1. The van der Waals surface area contributed by atoms with Crippen LogP contribution in [0.5, 0.6) is 0 Å². The highest BCUT2D eigenvalue weighted by Gasteiger charge is 2.32. The fourth-order valence-electron chi connectivity index (χ4n) is 3.90. The van der Waals surface area contributed by atoms with E-state index in [1.807, 2.05) is 54.3 Å². The third-order valence-electron chi connectivity index (χ3n) is 5.70. The molecule has 1 aliphatic rings. The van der Waals surface area contributed by atoms with Gasteiger partial charge in [-0.3, -0.25) is 19.5 Å². The van der Waals surface area contributed by atoms with Gasteiger partial charge in [0.15, 0.2) is 0 Å².